The summed E-state index contributed by atoms with van der Waals surface area (Å²) in [6, 6.07) is 10.5. The molecule has 7 heteroatoms. The van der Waals surface area contributed by atoms with E-state index in [1.807, 2.05) is 18.3 Å². The predicted molar refractivity (Wildman–Crippen MR) is 111 cm³/mol. The van der Waals surface area contributed by atoms with E-state index in [-0.39, 0.29) is 24.0 Å². The Hall–Kier alpha value is -3.06. The second kappa shape index (κ2) is 8.75. The number of carboxylic acids is 1. The monoisotopic (exact) mass is 407 g/mol. The SMILES string of the molecule is CN(N=C[C@H]1[C@@H](CCc2ccc(C(=O)O)cc2)[C@H]2CC[C@@H]1O2)C(=O)c1cccnc1. The number of hydrogen-bond donors (Lipinski definition) is 1. The molecule has 0 spiro atoms. The van der Waals surface area contributed by atoms with Gasteiger partial charge in [-0.2, -0.15) is 5.10 Å². The summed E-state index contributed by atoms with van der Waals surface area (Å²) in [5.74, 6) is -0.595. The number of aromatic nitrogens is 1. The van der Waals surface area contributed by atoms with Gasteiger partial charge < -0.3 is 9.84 Å². The van der Waals surface area contributed by atoms with Crippen molar-refractivity contribution in [1.82, 2.24) is 9.99 Å². The van der Waals surface area contributed by atoms with Crippen molar-refractivity contribution in [3.05, 3.63) is 65.5 Å². The molecular formula is C23H25N3O4. The second-order valence-electron chi connectivity index (χ2n) is 7.91. The van der Waals surface area contributed by atoms with Crippen molar-refractivity contribution >= 4 is 18.1 Å². The van der Waals surface area contributed by atoms with Crippen LogP contribution in [0.4, 0.5) is 0 Å². The van der Waals surface area contributed by atoms with Crippen LogP contribution in [0.15, 0.2) is 53.9 Å². The van der Waals surface area contributed by atoms with Crippen LogP contribution in [-0.4, -0.2) is 52.4 Å². The lowest BCUT2D eigenvalue weighted by molar-refractivity contribution is 0.0696. The highest BCUT2D eigenvalue weighted by Crippen LogP contribution is 2.44. The Bertz CT molecular complexity index is 929. The zero-order valence-corrected chi connectivity index (χ0v) is 16.8. The largest absolute Gasteiger partial charge is 0.478 e. The van der Waals surface area contributed by atoms with Crippen LogP contribution in [0.3, 0.4) is 0 Å². The van der Waals surface area contributed by atoms with E-state index in [4.69, 9.17) is 9.84 Å². The Morgan fingerprint density at radius 1 is 1.20 bits per heavy atom. The topological polar surface area (TPSA) is 92.1 Å². The van der Waals surface area contributed by atoms with E-state index >= 15 is 0 Å². The molecule has 1 amide bonds. The lowest BCUT2D eigenvalue weighted by Crippen LogP contribution is -2.30. The van der Waals surface area contributed by atoms with Crippen LogP contribution in [0, 0.1) is 11.8 Å². The lowest BCUT2D eigenvalue weighted by atomic mass is 9.77. The summed E-state index contributed by atoms with van der Waals surface area (Å²) < 4.78 is 6.13. The Morgan fingerprint density at radius 3 is 2.67 bits per heavy atom. The number of hydrogen-bond acceptors (Lipinski definition) is 5. The molecule has 1 aromatic carbocycles. The third-order valence-corrected chi connectivity index (χ3v) is 6.07. The van der Waals surface area contributed by atoms with Gasteiger partial charge in [0.05, 0.1) is 23.3 Å². The number of fused-ring (bicyclic) bond motifs is 2. The van der Waals surface area contributed by atoms with Crippen LogP contribution in [0.2, 0.25) is 0 Å². The standard InChI is InChI=1S/C23H25N3O4/c1-26(22(27)17-3-2-12-24-13-17)25-14-19-18(20-10-11-21(19)30-20)9-6-15-4-7-16(8-5-15)23(28)29/h2-5,7-8,12-14,18-21H,6,9-11H2,1H3,(H,28,29)/t18-,19+,20-,21+/m1/s1. The molecule has 156 valence electrons. The number of rotatable bonds is 7. The second-order valence-corrected chi connectivity index (χ2v) is 7.91. The zero-order valence-electron chi connectivity index (χ0n) is 16.8. The summed E-state index contributed by atoms with van der Waals surface area (Å²) in [6.07, 6.45) is 9.28. The molecule has 4 rings (SSSR count). The van der Waals surface area contributed by atoms with Crippen molar-refractivity contribution in [1.29, 1.82) is 0 Å². The van der Waals surface area contributed by atoms with Crippen molar-refractivity contribution in [2.24, 2.45) is 16.9 Å². The summed E-state index contributed by atoms with van der Waals surface area (Å²) in [7, 11) is 1.65. The molecule has 7 nitrogen and oxygen atoms in total. The molecule has 0 saturated carbocycles. The number of carboxylic acid groups (broad SMARTS) is 1. The number of benzene rings is 1. The molecular weight excluding hydrogens is 382 g/mol. The Morgan fingerprint density at radius 2 is 1.97 bits per heavy atom. The fourth-order valence-electron chi connectivity index (χ4n) is 4.45. The van der Waals surface area contributed by atoms with Crippen LogP contribution in [0.1, 0.15) is 45.5 Å². The van der Waals surface area contributed by atoms with Gasteiger partial charge in [0.2, 0.25) is 0 Å². The molecule has 2 aromatic rings. The number of carbonyl (C=O) groups excluding carboxylic acids is 1. The van der Waals surface area contributed by atoms with E-state index in [0.717, 1.165) is 31.2 Å². The molecule has 30 heavy (non-hydrogen) atoms. The highest BCUT2D eigenvalue weighted by Gasteiger charge is 2.47. The van der Waals surface area contributed by atoms with Gasteiger partial charge in [0, 0.05) is 31.6 Å². The fraction of sp³-hybridized carbons (Fsp3) is 0.391. The summed E-state index contributed by atoms with van der Waals surface area (Å²) >= 11 is 0. The van der Waals surface area contributed by atoms with Gasteiger partial charge in [-0.3, -0.25) is 9.78 Å². The summed E-state index contributed by atoms with van der Waals surface area (Å²) in [5.41, 5.74) is 1.92. The van der Waals surface area contributed by atoms with Crippen LogP contribution in [0.5, 0.6) is 0 Å². The average Bonchev–Trinajstić information content (AvgIpc) is 3.38. The van der Waals surface area contributed by atoms with E-state index in [9.17, 15) is 9.59 Å². The maximum atomic E-state index is 12.5. The summed E-state index contributed by atoms with van der Waals surface area (Å²) in [5, 5.41) is 14.8. The predicted octanol–water partition coefficient (Wildman–Crippen LogP) is 3.26. The third-order valence-electron chi connectivity index (χ3n) is 6.07. The van der Waals surface area contributed by atoms with Crippen LogP contribution in [-0.2, 0) is 11.2 Å². The van der Waals surface area contributed by atoms with E-state index in [2.05, 4.69) is 10.1 Å². The van der Waals surface area contributed by atoms with Crippen LogP contribution < -0.4 is 0 Å². The van der Waals surface area contributed by atoms with Crippen LogP contribution >= 0.6 is 0 Å². The third kappa shape index (κ3) is 4.26. The van der Waals surface area contributed by atoms with E-state index in [1.54, 1.807) is 37.5 Å². The van der Waals surface area contributed by atoms with E-state index < -0.39 is 5.97 Å². The minimum atomic E-state index is -0.913. The van der Waals surface area contributed by atoms with Gasteiger partial charge in [0.15, 0.2) is 0 Å². The zero-order chi connectivity index (χ0) is 21.1. The molecule has 2 fully saturated rings. The van der Waals surface area contributed by atoms with Gasteiger partial charge in [0.1, 0.15) is 0 Å². The van der Waals surface area contributed by atoms with E-state index in [0.29, 0.717) is 17.0 Å². The smallest absolute Gasteiger partial charge is 0.335 e. The highest BCUT2D eigenvalue weighted by atomic mass is 16.5. The molecule has 1 N–H and O–H groups in total. The van der Waals surface area contributed by atoms with Gasteiger partial charge in [0.25, 0.3) is 5.91 Å². The molecule has 2 saturated heterocycles. The number of ether oxygens (including phenoxy) is 1. The van der Waals surface area contributed by atoms with Gasteiger partial charge in [-0.25, -0.2) is 9.80 Å². The number of nitrogens with zero attached hydrogens (tertiary/aromatic N) is 3. The molecule has 0 aliphatic carbocycles. The molecule has 3 heterocycles. The van der Waals surface area contributed by atoms with Crippen molar-refractivity contribution in [3.8, 4) is 0 Å². The maximum absolute atomic E-state index is 12.5. The van der Waals surface area contributed by atoms with Crippen molar-refractivity contribution in [2.75, 3.05) is 7.05 Å². The number of amides is 1. The number of hydrazone groups is 1. The van der Waals surface area contributed by atoms with Crippen LogP contribution in [0.25, 0.3) is 0 Å². The average molecular weight is 407 g/mol. The first-order chi connectivity index (χ1) is 14.5. The van der Waals surface area contributed by atoms with Gasteiger partial charge in [-0.15, -0.1) is 0 Å². The van der Waals surface area contributed by atoms with Crippen molar-refractivity contribution < 1.29 is 19.4 Å². The lowest BCUT2D eigenvalue weighted by Gasteiger charge is -2.25. The quantitative estimate of drug-likeness (QED) is 0.562. The normalized spacial score (nSPS) is 25.0. The fourth-order valence-corrected chi connectivity index (χ4v) is 4.45. The molecule has 2 aliphatic heterocycles. The number of carbonyl (C=O) groups is 2. The first-order valence-electron chi connectivity index (χ1n) is 10.2. The number of aryl methyl sites for hydroxylation is 1. The molecule has 0 unspecified atom stereocenters. The maximum Gasteiger partial charge on any atom is 0.335 e. The Labute approximate surface area is 175 Å². The Balaban J connectivity index is 1.40. The first-order valence-corrected chi connectivity index (χ1v) is 10.2. The summed E-state index contributed by atoms with van der Waals surface area (Å²) in [4.78, 5) is 27.5. The highest BCUT2D eigenvalue weighted by molar-refractivity contribution is 5.93. The molecule has 1 aromatic heterocycles. The minimum Gasteiger partial charge on any atom is -0.478 e. The van der Waals surface area contributed by atoms with Gasteiger partial charge in [-0.05, 0) is 61.4 Å². The molecule has 2 bridgehead atoms. The minimum absolute atomic E-state index is 0.153. The van der Waals surface area contributed by atoms with Gasteiger partial charge >= 0.3 is 5.97 Å². The molecule has 0 radical (unpaired) electrons. The van der Waals surface area contributed by atoms with Crippen molar-refractivity contribution in [2.45, 2.75) is 37.9 Å². The number of aromatic carboxylic acids is 1. The molecule has 4 atom stereocenters. The number of pyridine rings is 1. The van der Waals surface area contributed by atoms with Crippen molar-refractivity contribution in [3.63, 3.8) is 0 Å². The van der Waals surface area contributed by atoms with E-state index in [1.165, 1.54) is 11.2 Å². The first kappa shape index (κ1) is 20.2. The molecule has 2 aliphatic rings. The van der Waals surface area contributed by atoms with Gasteiger partial charge in [-0.1, -0.05) is 12.1 Å². The Kier molecular flexibility index (Phi) is 5.90. The summed E-state index contributed by atoms with van der Waals surface area (Å²) in [6.45, 7) is 0.